The van der Waals surface area contributed by atoms with Crippen LogP contribution in [0.3, 0.4) is 0 Å². The van der Waals surface area contributed by atoms with E-state index in [-0.39, 0.29) is 6.04 Å². The van der Waals surface area contributed by atoms with Crippen molar-refractivity contribution in [1.29, 1.82) is 0 Å². The summed E-state index contributed by atoms with van der Waals surface area (Å²) in [5.74, 6) is -0.441. The highest BCUT2D eigenvalue weighted by Crippen LogP contribution is 2.17. The Labute approximate surface area is 110 Å². The third-order valence-electron chi connectivity index (χ3n) is 2.91. The first kappa shape index (κ1) is 13.6. The number of ether oxygens (including phenoxy) is 1. The Morgan fingerprint density at radius 2 is 2.37 bits per heavy atom. The molecule has 0 fully saturated rings. The standard InChI is InChI=1S/C13H19N3O3/c1-18-8-10(3-2-6-14)15-9-4-5-12-11(7-9)16-13(17)19-12/h4-5,7,10,15H,2-3,6,8,14H2,1H3,(H,16,17). The second kappa shape index (κ2) is 6.40. The van der Waals surface area contributed by atoms with Gasteiger partial charge in [-0.05, 0) is 37.6 Å². The summed E-state index contributed by atoms with van der Waals surface area (Å²) in [6.45, 7) is 1.27. The molecule has 0 saturated carbocycles. The molecule has 0 saturated heterocycles. The number of H-pyrrole nitrogens is 1. The van der Waals surface area contributed by atoms with Crippen molar-refractivity contribution < 1.29 is 9.15 Å². The molecule has 1 unspecified atom stereocenters. The summed E-state index contributed by atoms with van der Waals surface area (Å²) in [6, 6.07) is 5.70. The van der Waals surface area contributed by atoms with Gasteiger partial charge in [0, 0.05) is 18.8 Å². The molecule has 2 aromatic rings. The van der Waals surface area contributed by atoms with Crippen LogP contribution in [0.25, 0.3) is 11.1 Å². The van der Waals surface area contributed by atoms with Crippen LogP contribution in [-0.2, 0) is 4.74 Å². The summed E-state index contributed by atoms with van der Waals surface area (Å²) in [5, 5.41) is 3.37. The Kier molecular flexibility index (Phi) is 4.59. The molecular weight excluding hydrogens is 246 g/mol. The van der Waals surface area contributed by atoms with Crippen molar-refractivity contribution in [2.45, 2.75) is 18.9 Å². The summed E-state index contributed by atoms with van der Waals surface area (Å²) in [5.41, 5.74) is 7.68. The van der Waals surface area contributed by atoms with Crippen LogP contribution in [0.15, 0.2) is 27.4 Å². The van der Waals surface area contributed by atoms with Crippen LogP contribution in [0.5, 0.6) is 0 Å². The first-order chi connectivity index (χ1) is 9.22. The Hall–Kier alpha value is -1.79. The highest BCUT2D eigenvalue weighted by molar-refractivity contribution is 5.76. The van der Waals surface area contributed by atoms with Gasteiger partial charge in [-0.2, -0.15) is 0 Å². The maximum absolute atomic E-state index is 11.1. The van der Waals surface area contributed by atoms with Gasteiger partial charge >= 0.3 is 5.76 Å². The Balaban J connectivity index is 2.11. The molecule has 0 bridgehead atoms. The number of benzene rings is 1. The minimum atomic E-state index is -0.441. The lowest BCUT2D eigenvalue weighted by Crippen LogP contribution is -2.25. The van der Waals surface area contributed by atoms with Crippen LogP contribution in [-0.4, -0.2) is 31.3 Å². The zero-order valence-electron chi connectivity index (χ0n) is 10.9. The number of aromatic amines is 1. The van der Waals surface area contributed by atoms with Gasteiger partial charge in [0.05, 0.1) is 12.1 Å². The van der Waals surface area contributed by atoms with Gasteiger partial charge in [-0.1, -0.05) is 0 Å². The number of nitrogens with two attached hydrogens (primary N) is 1. The van der Waals surface area contributed by atoms with E-state index in [0.717, 1.165) is 18.5 Å². The largest absolute Gasteiger partial charge is 0.417 e. The van der Waals surface area contributed by atoms with Crippen molar-refractivity contribution in [3.8, 4) is 0 Å². The summed E-state index contributed by atoms with van der Waals surface area (Å²) in [6.07, 6.45) is 1.87. The fraction of sp³-hybridized carbons (Fsp3) is 0.462. The van der Waals surface area contributed by atoms with Gasteiger partial charge in [-0.3, -0.25) is 4.98 Å². The van der Waals surface area contributed by atoms with E-state index in [1.165, 1.54) is 0 Å². The zero-order valence-corrected chi connectivity index (χ0v) is 10.9. The molecule has 1 aromatic heterocycles. The quantitative estimate of drug-likeness (QED) is 0.701. The summed E-state index contributed by atoms with van der Waals surface area (Å²) in [7, 11) is 1.67. The van der Waals surface area contributed by atoms with Crippen LogP contribution in [0.1, 0.15) is 12.8 Å². The van der Waals surface area contributed by atoms with Crippen molar-refractivity contribution in [3.63, 3.8) is 0 Å². The molecule has 0 spiro atoms. The Morgan fingerprint density at radius 1 is 1.53 bits per heavy atom. The second-order valence-electron chi connectivity index (χ2n) is 4.45. The lowest BCUT2D eigenvalue weighted by Gasteiger charge is -2.18. The second-order valence-corrected chi connectivity index (χ2v) is 4.45. The first-order valence-electron chi connectivity index (χ1n) is 6.31. The molecule has 0 aliphatic rings. The highest BCUT2D eigenvalue weighted by atomic mass is 16.5. The van der Waals surface area contributed by atoms with E-state index in [9.17, 15) is 4.79 Å². The van der Waals surface area contributed by atoms with Crippen molar-refractivity contribution >= 4 is 16.8 Å². The number of methoxy groups -OCH3 is 1. The average Bonchev–Trinajstić information content (AvgIpc) is 2.75. The smallest absolute Gasteiger partial charge is 0.408 e. The fourth-order valence-corrected chi connectivity index (χ4v) is 2.04. The minimum absolute atomic E-state index is 0.199. The molecule has 0 amide bonds. The van der Waals surface area contributed by atoms with Gasteiger partial charge in [-0.15, -0.1) is 0 Å². The van der Waals surface area contributed by atoms with E-state index in [0.29, 0.717) is 24.3 Å². The number of aromatic nitrogens is 1. The predicted octanol–water partition coefficient (Wildman–Crippen LogP) is 1.29. The number of rotatable bonds is 7. The minimum Gasteiger partial charge on any atom is -0.408 e. The molecule has 0 aliphatic heterocycles. The van der Waals surface area contributed by atoms with Gasteiger partial charge in [0.1, 0.15) is 0 Å². The number of oxazole rings is 1. The van der Waals surface area contributed by atoms with E-state index >= 15 is 0 Å². The van der Waals surface area contributed by atoms with Gasteiger partial charge in [0.25, 0.3) is 0 Å². The summed E-state index contributed by atoms with van der Waals surface area (Å²) in [4.78, 5) is 13.7. The van der Waals surface area contributed by atoms with E-state index in [1.54, 1.807) is 13.2 Å². The Bertz CT molecular complexity index is 576. The van der Waals surface area contributed by atoms with Crippen LogP contribution in [0.2, 0.25) is 0 Å². The molecule has 1 aromatic carbocycles. The normalized spacial score (nSPS) is 12.7. The third-order valence-corrected chi connectivity index (χ3v) is 2.91. The molecule has 2 rings (SSSR count). The number of hydrogen-bond donors (Lipinski definition) is 3. The third kappa shape index (κ3) is 3.59. The van der Waals surface area contributed by atoms with Gasteiger partial charge in [0.2, 0.25) is 0 Å². The highest BCUT2D eigenvalue weighted by Gasteiger charge is 2.09. The Morgan fingerprint density at radius 3 is 3.11 bits per heavy atom. The lowest BCUT2D eigenvalue weighted by molar-refractivity contribution is 0.182. The number of nitrogens with one attached hydrogen (secondary N) is 2. The van der Waals surface area contributed by atoms with Crippen molar-refractivity contribution in [2.24, 2.45) is 5.73 Å². The average molecular weight is 265 g/mol. The monoisotopic (exact) mass is 265 g/mol. The van der Waals surface area contributed by atoms with E-state index in [4.69, 9.17) is 14.9 Å². The summed E-state index contributed by atoms with van der Waals surface area (Å²) >= 11 is 0. The first-order valence-corrected chi connectivity index (χ1v) is 6.31. The molecule has 6 heteroatoms. The molecule has 104 valence electrons. The van der Waals surface area contributed by atoms with E-state index in [2.05, 4.69) is 10.3 Å². The molecule has 1 atom stereocenters. The summed E-state index contributed by atoms with van der Waals surface area (Å²) < 4.78 is 10.1. The van der Waals surface area contributed by atoms with Crippen LogP contribution < -0.4 is 16.8 Å². The predicted molar refractivity (Wildman–Crippen MR) is 74.4 cm³/mol. The number of hydrogen-bond acceptors (Lipinski definition) is 5. The maximum atomic E-state index is 11.1. The molecule has 1 heterocycles. The topological polar surface area (TPSA) is 93.3 Å². The molecule has 4 N–H and O–H groups in total. The maximum Gasteiger partial charge on any atom is 0.417 e. The van der Waals surface area contributed by atoms with Gasteiger partial charge < -0.3 is 20.2 Å². The molecule has 0 radical (unpaired) electrons. The van der Waals surface area contributed by atoms with Crippen LogP contribution in [0, 0.1) is 0 Å². The number of fused-ring (bicyclic) bond motifs is 1. The molecule has 6 nitrogen and oxygen atoms in total. The molecular formula is C13H19N3O3. The molecule has 0 aliphatic carbocycles. The van der Waals surface area contributed by atoms with Crippen LogP contribution in [0.4, 0.5) is 5.69 Å². The van der Waals surface area contributed by atoms with Crippen LogP contribution >= 0.6 is 0 Å². The lowest BCUT2D eigenvalue weighted by atomic mass is 10.1. The van der Waals surface area contributed by atoms with Gasteiger partial charge in [0.15, 0.2) is 5.58 Å². The van der Waals surface area contributed by atoms with Gasteiger partial charge in [-0.25, -0.2) is 4.79 Å². The van der Waals surface area contributed by atoms with E-state index < -0.39 is 5.76 Å². The molecule has 19 heavy (non-hydrogen) atoms. The van der Waals surface area contributed by atoms with E-state index in [1.807, 2.05) is 12.1 Å². The number of anilines is 1. The van der Waals surface area contributed by atoms with Crippen molar-refractivity contribution in [3.05, 3.63) is 28.7 Å². The zero-order chi connectivity index (χ0) is 13.7. The van der Waals surface area contributed by atoms with Crippen molar-refractivity contribution in [1.82, 2.24) is 4.98 Å². The SMILES string of the molecule is COCC(CCCN)Nc1ccc2oc(=O)[nH]c2c1. The van der Waals surface area contributed by atoms with Crippen molar-refractivity contribution in [2.75, 3.05) is 25.6 Å². The fourth-order valence-electron chi connectivity index (χ4n) is 2.04.